The van der Waals surface area contributed by atoms with Crippen molar-refractivity contribution in [3.05, 3.63) is 0 Å². The Morgan fingerprint density at radius 2 is 1.73 bits per heavy atom. The molecule has 2 nitrogen and oxygen atoms in total. The second kappa shape index (κ2) is 10.4. The first-order chi connectivity index (χ1) is 7.26. The third-order valence-corrected chi connectivity index (χ3v) is 3.02. The van der Waals surface area contributed by atoms with E-state index in [2.05, 4.69) is 37.9 Å². The number of hydrogen-bond donors (Lipinski definition) is 1. The number of rotatable bonds is 10. The van der Waals surface area contributed by atoms with Crippen LogP contribution in [0.1, 0.15) is 53.4 Å². The van der Waals surface area contributed by atoms with E-state index in [1.807, 2.05) is 0 Å². The van der Waals surface area contributed by atoms with Gasteiger partial charge in [0.1, 0.15) is 0 Å². The Morgan fingerprint density at radius 3 is 2.27 bits per heavy atom. The van der Waals surface area contributed by atoms with Gasteiger partial charge in [-0.3, -0.25) is 4.90 Å². The molecule has 0 aromatic carbocycles. The highest BCUT2D eigenvalue weighted by Gasteiger charge is 2.10. The lowest BCUT2D eigenvalue weighted by molar-refractivity contribution is 0.201. The van der Waals surface area contributed by atoms with E-state index in [1.165, 1.54) is 38.8 Å². The zero-order valence-corrected chi connectivity index (χ0v) is 11.2. The molecule has 0 rings (SSSR count). The highest BCUT2D eigenvalue weighted by molar-refractivity contribution is 4.66. The van der Waals surface area contributed by atoms with Crippen molar-refractivity contribution in [1.29, 1.82) is 0 Å². The third kappa shape index (κ3) is 7.80. The lowest BCUT2D eigenvalue weighted by atomic mass is 10.2. The predicted octanol–water partition coefficient (Wildman–Crippen LogP) is 2.89. The second-order valence-corrected chi connectivity index (χ2v) is 4.40. The molecule has 0 aromatic rings. The average molecular weight is 214 g/mol. The van der Waals surface area contributed by atoms with E-state index < -0.39 is 0 Å². The number of nitrogens with one attached hydrogen (secondary N) is 1. The van der Waals surface area contributed by atoms with E-state index in [0.29, 0.717) is 0 Å². The van der Waals surface area contributed by atoms with Crippen LogP contribution in [0.15, 0.2) is 0 Å². The summed E-state index contributed by atoms with van der Waals surface area (Å²) in [5, 5.41) is 3.48. The minimum Gasteiger partial charge on any atom is -0.315 e. The number of nitrogens with zero attached hydrogens (tertiary/aromatic N) is 1. The summed E-state index contributed by atoms with van der Waals surface area (Å²) >= 11 is 0. The molecule has 0 heterocycles. The van der Waals surface area contributed by atoms with Gasteiger partial charge in [0.25, 0.3) is 0 Å². The topological polar surface area (TPSA) is 15.3 Å². The van der Waals surface area contributed by atoms with E-state index in [1.54, 1.807) is 0 Å². The third-order valence-electron chi connectivity index (χ3n) is 3.02. The van der Waals surface area contributed by atoms with Crippen LogP contribution in [0.5, 0.6) is 0 Å². The quantitative estimate of drug-likeness (QED) is 0.563. The van der Waals surface area contributed by atoms with Crippen LogP contribution >= 0.6 is 0 Å². The molecule has 1 atom stereocenters. The first-order valence-electron chi connectivity index (χ1n) is 6.70. The molecular weight excluding hydrogens is 184 g/mol. The fourth-order valence-corrected chi connectivity index (χ4v) is 1.70. The van der Waals surface area contributed by atoms with Crippen molar-refractivity contribution in [2.75, 3.05) is 26.2 Å². The van der Waals surface area contributed by atoms with E-state index in [9.17, 15) is 0 Å². The molecule has 0 bridgehead atoms. The first-order valence-corrected chi connectivity index (χ1v) is 6.70. The van der Waals surface area contributed by atoms with Gasteiger partial charge >= 0.3 is 0 Å². The standard InChI is InChI=1S/C13H30N2/c1-5-8-11-15(13(4)7-3)12-10-14-9-6-2/h13-14H,5-12H2,1-4H3. The zero-order chi connectivity index (χ0) is 11.5. The number of unbranched alkanes of at least 4 members (excludes halogenated alkanes) is 1. The van der Waals surface area contributed by atoms with E-state index in [-0.39, 0.29) is 0 Å². The van der Waals surface area contributed by atoms with Gasteiger partial charge in [0.15, 0.2) is 0 Å². The molecule has 0 aliphatic heterocycles. The minimum atomic E-state index is 0.736. The van der Waals surface area contributed by atoms with Crippen molar-refractivity contribution in [3.63, 3.8) is 0 Å². The smallest absolute Gasteiger partial charge is 0.0110 e. The Balaban J connectivity index is 3.69. The summed E-state index contributed by atoms with van der Waals surface area (Å²) in [6.07, 6.45) is 5.13. The van der Waals surface area contributed by atoms with Crippen LogP contribution in [0.3, 0.4) is 0 Å². The molecule has 0 aliphatic carbocycles. The lowest BCUT2D eigenvalue weighted by Crippen LogP contribution is -2.38. The Bertz CT molecular complexity index is 126. The molecule has 0 aromatic heterocycles. The fourth-order valence-electron chi connectivity index (χ4n) is 1.70. The van der Waals surface area contributed by atoms with Crippen LogP contribution in [0.25, 0.3) is 0 Å². The normalized spacial score (nSPS) is 13.4. The monoisotopic (exact) mass is 214 g/mol. The van der Waals surface area contributed by atoms with Gasteiger partial charge in [-0.2, -0.15) is 0 Å². The molecule has 2 heteroatoms. The Morgan fingerprint density at radius 1 is 1.00 bits per heavy atom. The van der Waals surface area contributed by atoms with Gasteiger partial charge in [-0.25, -0.2) is 0 Å². The summed E-state index contributed by atoms with van der Waals surface area (Å²) in [5.41, 5.74) is 0. The predicted molar refractivity (Wildman–Crippen MR) is 69.4 cm³/mol. The second-order valence-electron chi connectivity index (χ2n) is 4.40. The maximum absolute atomic E-state index is 3.48. The van der Waals surface area contributed by atoms with Crippen molar-refractivity contribution in [3.8, 4) is 0 Å². The Labute approximate surface area is 96.4 Å². The SMILES string of the molecule is CCCCN(CCNCCC)C(C)CC. The van der Waals surface area contributed by atoms with E-state index in [0.717, 1.165) is 19.1 Å². The molecule has 1 N–H and O–H groups in total. The summed E-state index contributed by atoms with van der Waals surface area (Å²) in [7, 11) is 0. The summed E-state index contributed by atoms with van der Waals surface area (Å²) in [6, 6.07) is 0.736. The molecule has 92 valence electrons. The Kier molecular flexibility index (Phi) is 10.4. The molecule has 1 unspecified atom stereocenters. The molecule has 15 heavy (non-hydrogen) atoms. The van der Waals surface area contributed by atoms with Crippen molar-refractivity contribution in [1.82, 2.24) is 10.2 Å². The van der Waals surface area contributed by atoms with E-state index >= 15 is 0 Å². The van der Waals surface area contributed by atoms with Crippen molar-refractivity contribution < 1.29 is 0 Å². The maximum Gasteiger partial charge on any atom is 0.0110 e. The summed E-state index contributed by atoms with van der Waals surface area (Å²) in [6.45, 7) is 13.9. The molecule has 0 saturated heterocycles. The number of hydrogen-bond acceptors (Lipinski definition) is 2. The first kappa shape index (κ1) is 14.9. The summed E-state index contributed by atoms with van der Waals surface area (Å²) in [5.74, 6) is 0. The van der Waals surface area contributed by atoms with Crippen molar-refractivity contribution >= 4 is 0 Å². The van der Waals surface area contributed by atoms with Gasteiger partial charge in [0.2, 0.25) is 0 Å². The van der Waals surface area contributed by atoms with Crippen LogP contribution in [-0.2, 0) is 0 Å². The molecule has 0 aliphatic rings. The largest absolute Gasteiger partial charge is 0.315 e. The van der Waals surface area contributed by atoms with Crippen molar-refractivity contribution in [2.24, 2.45) is 0 Å². The highest BCUT2D eigenvalue weighted by Crippen LogP contribution is 2.04. The van der Waals surface area contributed by atoms with Gasteiger partial charge in [0, 0.05) is 19.1 Å². The summed E-state index contributed by atoms with van der Waals surface area (Å²) in [4.78, 5) is 2.62. The average Bonchev–Trinajstić information content (AvgIpc) is 2.27. The van der Waals surface area contributed by atoms with Gasteiger partial charge in [-0.05, 0) is 39.3 Å². The van der Waals surface area contributed by atoms with E-state index in [4.69, 9.17) is 0 Å². The summed E-state index contributed by atoms with van der Waals surface area (Å²) < 4.78 is 0. The highest BCUT2D eigenvalue weighted by atomic mass is 15.2. The van der Waals surface area contributed by atoms with Crippen LogP contribution < -0.4 is 5.32 Å². The minimum absolute atomic E-state index is 0.736. The van der Waals surface area contributed by atoms with Crippen molar-refractivity contribution in [2.45, 2.75) is 59.4 Å². The lowest BCUT2D eigenvalue weighted by Gasteiger charge is -2.28. The van der Waals surface area contributed by atoms with Gasteiger partial charge in [-0.1, -0.05) is 27.2 Å². The Hall–Kier alpha value is -0.0800. The van der Waals surface area contributed by atoms with Gasteiger partial charge in [0.05, 0.1) is 0 Å². The molecule has 0 spiro atoms. The fraction of sp³-hybridized carbons (Fsp3) is 1.00. The van der Waals surface area contributed by atoms with Gasteiger partial charge < -0.3 is 5.32 Å². The van der Waals surface area contributed by atoms with Crippen LogP contribution in [0.4, 0.5) is 0 Å². The maximum atomic E-state index is 3.48. The molecule has 0 fully saturated rings. The van der Waals surface area contributed by atoms with Crippen LogP contribution in [-0.4, -0.2) is 37.1 Å². The van der Waals surface area contributed by atoms with Crippen LogP contribution in [0.2, 0.25) is 0 Å². The van der Waals surface area contributed by atoms with Crippen LogP contribution in [0, 0.1) is 0 Å². The molecule has 0 radical (unpaired) electrons. The molecule has 0 saturated carbocycles. The van der Waals surface area contributed by atoms with Gasteiger partial charge in [-0.15, -0.1) is 0 Å². The molecular formula is C13H30N2. The zero-order valence-electron chi connectivity index (χ0n) is 11.2. The molecule has 0 amide bonds.